The number of hydrogen-bond donors (Lipinski definition) is 1. The van der Waals surface area contributed by atoms with Gasteiger partial charge in [0.25, 0.3) is 0 Å². The number of carbonyl (C=O) groups is 2. The number of carbonyl (C=O) groups excluding carboxylic acids is 2. The van der Waals surface area contributed by atoms with E-state index >= 15 is 0 Å². The molecule has 0 aliphatic rings. The zero-order chi connectivity index (χ0) is 25.1. The molecule has 0 saturated carbocycles. The minimum Gasteiger partial charge on any atom is -0.490 e. The molecule has 2 rings (SSSR count). The number of amides is 2. The number of rotatable bonds is 13. The van der Waals surface area contributed by atoms with Crippen molar-refractivity contribution in [3.05, 3.63) is 59.2 Å². The van der Waals surface area contributed by atoms with E-state index in [0.717, 1.165) is 16.7 Å². The van der Waals surface area contributed by atoms with Crippen molar-refractivity contribution in [2.24, 2.45) is 5.92 Å². The Morgan fingerprint density at radius 3 is 2.29 bits per heavy atom. The SMILES string of the molecule is CCOc1ccc(CCC(=O)N(Cc2cccc(C)c2)[C@H](C)C(=O)NCC(C)C)cc1OCC. The van der Waals surface area contributed by atoms with Gasteiger partial charge in [-0.1, -0.05) is 49.7 Å². The molecule has 0 fully saturated rings. The molecule has 2 amide bonds. The molecule has 0 unspecified atom stereocenters. The van der Waals surface area contributed by atoms with Gasteiger partial charge in [-0.2, -0.15) is 0 Å². The summed E-state index contributed by atoms with van der Waals surface area (Å²) in [4.78, 5) is 27.8. The zero-order valence-corrected chi connectivity index (χ0v) is 21.5. The van der Waals surface area contributed by atoms with E-state index in [1.807, 2.05) is 71.0 Å². The summed E-state index contributed by atoms with van der Waals surface area (Å²) in [7, 11) is 0. The minimum absolute atomic E-state index is 0.0550. The quantitative estimate of drug-likeness (QED) is 0.453. The Balaban J connectivity index is 2.17. The van der Waals surface area contributed by atoms with Crippen LogP contribution in [-0.2, 0) is 22.6 Å². The molecule has 1 N–H and O–H groups in total. The summed E-state index contributed by atoms with van der Waals surface area (Å²) in [6, 6.07) is 13.3. The predicted molar refractivity (Wildman–Crippen MR) is 136 cm³/mol. The number of hydrogen-bond acceptors (Lipinski definition) is 4. The van der Waals surface area contributed by atoms with Gasteiger partial charge in [0.2, 0.25) is 11.8 Å². The van der Waals surface area contributed by atoms with Crippen LogP contribution in [0.15, 0.2) is 42.5 Å². The van der Waals surface area contributed by atoms with E-state index in [1.165, 1.54) is 0 Å². The van der Waals surface area contributed by atoms with E-state index in [1.54, 1.807) is 11.8 Å². The van der Waals surface area contributed by atoms with Crippen molar-refractivity contribution in [1.29, 1.82) is 0 Å². The molecular weight excluding hydrogens is 428 g/mol. The standard InChI is InChI=1S/C28H40N2O4/c1-7-33-25-14-12-23(17-26(25)34-8-2)13-15-27(31)30(19-24-11-9-10-21(5)16-24)22(6)28(32)29-18-20(3)4/h9-12,14,16-17,20,22H,7-8,13,15,18-19H2,1-6H3,(H,29,32)/t22-/m1/s1. The third-order valence-corrected chi connectivity index (χ3v) is 5.52. The summed E-state index contributed by atoms with van der Waals surface area (Å²) in [5.74, 6) is 1.55. The van der Waals surface area contributed by atoms with Gasteiger partial charge >= 0.3 is 0 Å². The number of nitrogens with zero attached hydrogens (tertiary/aromatic N) is 1. The average Bonchev–Trinajstić information content (AvgIpc) is 2.80. The molecule has 0 saturated heterocycles. The Morgan fingerprint density at radius 1 is 0.941 bits per heavy atom. The van der Waals surface area contributed by atoms with E-state index in [9.17, 15) is 9.59 Å². The van der Waals surface area contributed by atoms with Crippen LogP contribution in [0.5, 0.6) is 11.5 Å². The molecule has 34 heavy (non-hydrogen) atoms. The van der Waals surface area contributed by atoms with Crippen molar-refractivity contribution >= 4 is 11.8 Å². The van der Waals surface area contributed by atoms with Crippen LogP contribution in [0.3, 0.4) is 0 Å². The molecule has 0 aliphatic heterocycles. The first-order chi connectivity index (χ1) is 16.2. The van der Waals surface area contributed by atoms with Gasteiger partial charge in [0.15, 0.2) is 11.5 Å². The van der Waals surface area contributed by atoms with Crippen LogP contribution in [0.4, 0.5) is 0 Å². The van der Waals surface area contributed by atoms with Crippen LogP contribution < -0.4 is 14.8 Å². The Labute approximate surface area is 204 Å². The van der Waals surface area contributed by atoms with Crippen LogP contribution in [0.1, 0.15) is 57.7 Å². The Bertz CT molecular complexity index is 942. The highest BCUT2D eigenvalue weighted by Crippen LogP contribution is 2.29. The third kappa shape index (κ3) is 8.40. The maximum atomic E-state index is 13.4. The molecule has 0 radical (unpaired) electrons. The topological polar surface area (TPSA) is 67.9 Å². The van der Waals surface area contributed by atoms with Gasteiger partial charge in [-0.05, 0) is 63.3 Å². The first-order valence-electron chi connectivity index (χ1n) is 12.3. The zero-order valence-electron chi connectivity index (χ0n) is 21.5. The molecule has 6 nitrogen and oxygen atoms in total. The van der Waals surface area contributed by atoms with Crippen LogP contribution in [0.2, 0.25) is 0 Å². The summed E-state index contributed by atoms with van der Waals surface area (Å²) in [5.41, 5.74) is 3.13. The van der Waals surface area contributed by atoms with Crippen LogP contribution >= 0.6 is 0 Å². The van der Waals surface area contributed by atoms with E-state index in [2.05, 4.69) is 11.4 Å². The fraction of sp³-hybridized carbons (Fsp3) is 0.500. The molecule has 2 aromatic carbocycles. The lowest BCUT2D eigenvalue weighted by atomic mass is 10.1. The fourth-order valence-corrected chi connectivity index (χ4v) is 3.69. The van der Waals surface area contributed by atoms with Gasteiger partial charge < -0.3 is 19.7 Å². The molecule has 0 spiro atoms. The minimum atomic E-state index is -0.564. The van der Waals surface area contributed by atoms with E-state index in [-0.39, 0.29) is 11.8 Å². The van der Waals surface area contributed by atoms with Crippen LogP contribution in [-0.4, -0.2) is 42.5 Å². The van der Waals surface area contributed by atoms with Gasteiger partial charge in [0, 0.05) is 19.5 Å². The predicted octanol–water partition coefficient (Wildman–Crippen LogP) is 4.91. The number of aryl methyl sites for hydroxylation is 2. The largest absolute Gasteiger partial charge is 0.490 e. The Morgan fingerprint density at radius 2 is 1.65 bits per heavy atom. The lowest BCUT2D eigenvalue weighted by molar-refractivity contribution is -0.140. The highest BCUT2D eigenvalue weighted by molar-refractivity contribution is 5.87. The molecule has 0 aromatic heterocycles. The van der Waals surface area contributed by atoms with Crippen molar-refractivity contribution in [2.75, 3.05) is 19.8 Å². The van der Waals surface area contributed by atoms with Crippen LogP contribution in [0, 0.1) is 12.8 Å². The second-order valence-corrected chi connectivity index (χ2v) is 8.97. The van der Waals surface area contributed by atoms with Gasteiger partial charge in [0.1, 0.15) is 6.04 Å². The third-order valence-electron chi connectivity index (χ3n) is 5.52. The highest BCUT2D eigenvalue weighted by atomic mass is 16.5. The molecular formula is C28H40N2O4. The number of nitrogens with one attached hydrogen (secondary N) is 1. The summed E-state index contributed by atoms with van der Waals surface area (Å²) in [6.07, 6.45) is 0.850. The molecule has 0 heterocycles. The first-order valence-corrected chi connectivity index (χ1v) is 12.3. The lowest BCUT2D eigenvalue weighted by Crippen LogP contribution is -2.48. The number of ether oxygens (including phenoxy) is 2. The van der Waals surface area contributed by atoms with E-state index < -0.39 is 6.04 Å². The normalized spacial score (nSPS) is 11.7. The van der Waals surface area contributed by atoms with Crippen LogP contribution in [0.25, 0.3) is 0 Å². The maximum absolute atomic E-state index is 13.4. The van der Waals surface area contributed by atoms with Crippen molar-refractivity contribution < 1.29 is 19.1 Å². The van der Waals surface area contributed by atoms with Gasteiger partial charge in [-0.15, -0.1) is 0 Å². The van der Waals surface area contributed by atoms with Gasteiger partial charge in [-0.3, -0.25) is 9.59 Å². The van der Waals surface area contributed by atoms with Gasteiger partial charge in [-0.25, -0.2) is 0 Å². The molecule has 6 heteroatoms. The summed E-state index contributed by atoms with van der Waals surface area (Å²) < 4.78 is 11.4. The van der Waals surface area contributed by atoms with E-state index in [4.69, 9.17) is 9.47 Å². The second kappa shape index (κ2) is 13.6. The lowest BCUT2D eigenvalue weighted by Gasteiger charge is -2.29. The molecule has 186 valence electrons. The van der Waals surface area contributed by atoms with Crippen molar-refractivity contribution in [3.63, 3.8) is 0 Å². The van der Waals surface area contributed by atoms with E-state index in [0.29, 0.717) is 56.6 Å². The molecule has 2 aromatic rings. The highest BCUT2D eigenvalue weighted by Gasteiger charge is 2.26. The van der Waals surface area contributed by atoms with Crippen molar-refractivity contribution in [3.8, 4) is 11.5 Å². The smallest absolute Gasteiger partial charge is 0.242 e. The van der Waals surface area contributed by atoms with Crippen molar-refractivity contribution in [1.82, 2.24) is 10.2 Å². The summed E-state index contributed by atoms with van der Waals surface area (Å²) in [5, 5.41) is 2.96. The molecule has 0 bridgehead atoms. The molecule has 0 aliphatic carbocycles. The fourth-order valence-electron chi connectivity index (χ4n) is 3.69. The summed E-state index contributed by atoms with van der Waals surface area (Å²) in [6.45, 7) is 13.9. The first kappa shape index (κ1) is 27.2. The van der Waals surface area contributed by atoms with Crippen molar-refractivity contribution in [2.45, 2.75) is 67.0 Å². The Hall–Kier alpha value is -3.02. The second-order valence-electron chi connectivity index (χ2n) is 8.97. The van der Waals surface area contributed by atoms with Gasteiger partial charge in [0.05, 0.1) is 13.2 Å². The summed E-state index contributed by atoms with van der Waals surface area (Å²) >= 11 is 0. The maximum Gasteiger partial charge on any atom is 0.242 e. The number of benzene rings is 2. The average molecular weight is 469 g/mol. The molecule has 1 atom stereocenters. The Kier molecular flexibility index (Phi) is 10.9. The monoisotopic (exact) mass is 468 g/mol.